The Balaban J connectivity index is 1.12. The summed E-state index contributed by atoms with van der Waals surface area (Å²) < 4.78 is 2.69. The Morgan fingerprint density at radius 2 is 1.72 bits per heavy atom. The van der Waals surface area contributed by atoms with Gasteiger partial charge in [0, 0.05) is 43.7 Å². The Bertz CT molecular complexity index is 1150. The number of carboxylic acids is 1. The van der Waals surface area contributed by atoms with Gasteiger partial charge in [0.05, 0.1) is 17.5 Å². The second kappa shape index (κ2) is 11.2. The minimum Gasteiger partial charge on any atom is -0.481 e. The summed E-state index contributed by atoms with van der Waals surface area (Å²) in [4.78, 5) is 21.9. The highest BCUT2D eigenvalue weighted by Crippen LogP contribution is 2.48. The fourth-order valence-electron chi connectivity index (χ4n) is 9.80. The third-order valence-corrected chi connectivity index (χ3v) is 11.4. The van der Waals surface area contributed by atoms with Crippen molar-refractivity contribution in [2.45, 2.75) is 120 Å². The first-order valence-corrected chi connectivity index (χ1v) is 16.3. The predicted molar refractivity (Wildman–Crippen MR) is 155 cm³/mol. The van der Waals surface area contributed by atoms with Gasteiger partial charge < -0.3 is 14.6 Å². The van der Waals surface area contributed by atoms with Crippen molar-refractivity contribution in [3.8, 4) is 0 Å². The van der Waals surface area contributed by atoms with E-state index in [4.69, 9.17) is 4.98 Å². The van der Waals surface area contributed by atoms with Gasteiger partial charge in [0.1, 0.15) is 5.82 Å². The smallest absolute Gasteiger partial charge is 0.304 e. The number of benzene rings is 1. The van der Waals surface area contributed by atoms with Crippen molar-refractivity contribution in [2.24, 2.45) is 17.8 Å². The average Bonchev–Trinajstić information content (AvgIpc) is 3.29. The molecule has 2 aliphatic carbocycles. The van der Waals surface area contributed by atoms with Crippen LogP contribution < -0.4 is 0 Å². The second-order valence-corrected chi connectivity index (χ2v) is 13.8. The summed E-state index contributed by atoms with van der Waals surface area (Å²) in [6.45, 7) is 2.71. The molecule has 7 atom stereocenters. The van der Waals surface area contributed by atoms with Crippen LogP contribution in [0.1, 0.15) is 102 Å². The summed E-state index contributed by atoms with van der Waals surface area (Å²) in [6.07, 6.45) is 19.2. The van der Waals surface area contributed by atoms with E-state index in [-0.39, 0.29) is 6.42 Å². The Kier molecular flexibility index (Phi) is 7.44. The van der Waals surface area contributed by atoms with Crippen molar-refractivity contribution in [2.75, 3.05) is 19.6 Å². The van der Waals surface area contributed by atoms with Gasteiger partial charge in [-0.05, 0) is 101 Å². The van der Waals surface area contributed by atoms with E-state index in [0.29, 0.717) is 18.5 Å². The molecule has 3 saturated heterocycles. The maximum Gasteiger partial charge on any atom is 0.304 e. The molecule has 4 heterocycles. The summed E-state index contributed by atoms with van der Waals surface area (Å²) in [6, 6.07) is 11.7. The lowest BCUT2D eigenvalue weighted by atomic mass is 9.67. The molecule has 1 aromatic carbocycles. The van der Waals surface area contributed by atoms with Crippen LogP contribution in [0.3, 0.4) is 0 Å². The Labute approximate surface area is 234 Å². The summed E-state index contributed by atoms with van der Waals surface area (Å²) in [5.41, 5.74) is 2.48. The topological polar surface area (TPSA) is 61.6 Å². The molecule has 3 unspecified atom stereocenters. The highest BCUT2D eigenvalue weighted by molar-refractivity contribution is 5.76. The van der Waals surface area contributed by atoms with Crippen LogP contribution in [0.5, 0.6) is 0 Å². The second-order valence-electron chi connectivity index (χ2n) is 13.8. The van der Waals surface area contributed by atoms with Crippen LogP contribution in [0.2, 0.25) is 0 Å². The number of hydrogen-bond donors (Lipinski definition) is 1. The Hall–Kier alpha value is -1.92. The van der Waals surface area contributed by atoms with Crippen LogP contribution in [0.15, 0.2) is 24.3 Å². The molecule has 6 nitrogen and oxygen atoms in total. The van der Waals surface area contributed by atoms with Gasteiger partial charge in [-0.15, -0.1) is 0 Å². The molecule has 6 heteroatoms. The fraction of sp³-hybridized carbons (Fsp3) is 0.758. The predicted octanol–water partition coefficient (Wildman–Crippen LogP) is 6.29. The van der Waals surface area contributed by atoms with E-state index in [1.165, 1.54) is 88.4 Å². The van der Waals surface area contributed by atoms with Gasteiger partial charge in [0.15, 0.2) is 0 Å². The Morgan fingerprint density at radius 3 is 2.56 bits per heavy atom. The number of aromatic nitrogens is 2. The zero-order chi connectivity index (χ0) is 26.3. The zero-order valence-corrected chi connectivity index (χ0v) is 23.7. The highest BCUT2D eigenvalue weighted by atomic mass is 16.4. The third kappa shape index (κ3) is 5.28. The number of fused-ring (bicyclic) bond motifs is 5. The van der Waals surface area contributed by atoms with Crippen LogP contribution in [0.25, 0.3) is 11.0 Å². The quantitative estimate of drug-likeness (QED) is 0.454. The molecule has 3 aliphatic heterocycles. The van der Waals surface area contributed by atoms with Crippen LogP contribution in [-0.2, 0) is 11.2 Å². The maximum atomic E-state index is 11.1. The molecule has 5 fully saturated rings. The molecule has 2 aromatic rings. The normalized spacial score (nSPS) is 35.7. The van der Waals surface area contributed by atoms with Gasteiger partial charge in [0.2, 0.25) is 0 Å². The van der Waals surface area contributed by atoms with E-state index in [1.54, 1.807) is 0 Å². The fourth-order valence-corrected chi connectivity index (χ4v) is 9.80. The average molecular weight is 533 g/mol. The lowest BCUT2D eigenvalue weighted by Crippen LogP contribution is -2.59. The molecule has 212 valence electrons. The Morgan fingerprint density at radius 1 is 0.897 bits per heavy atom. The van der Waals surface area contributed by atoms with Gasteiger partial charge in [-0.25, -0.2) is 4.98 Å². The van der Waals surface area contributed by atoms with Crippen LogP contribution in [0.4, 0.5) is 0 Å². The first-order valence-electron chi connectivity index (χ1n) is 16.3. The van der Waals surface area contributed by atoms with Gasteiger partial charge in [0.25, 0.3) is 0 Å². The maximum absolute atomic E-state index is 11.1. The van der Waals surface area contributed by atoms with Crippen molar-refractivity contribution in [3.63, 3.8) is 0 Å². The molecule has 0 amide bonds. The van der Waals surface area contributed by atoms with Crippen molar-refractivity contribution < 1.29 is 9.90 Å². The van der Waals surface area contributed by atoms with Crippen molar-refractivity contribution >= 4 is 17.0 Å². The molecule has 4 bridgehead atoms. The van der Waals surface area contributed by atoms with Crippen LogP contribution in [0, 0.1) is 17.8 Å². The van der Waals surface area contributed by atoms with Gasteiger partial charge in [-0.3, -0.25) is 9.69 Å². The van der Waals surface area contributed by atoms with Gasteiger partial charge >= 0.3 is 5.97 Å². The van der Waals surface area contributed by atoms with Crippen molar-refractivity contribution in [1.29, 1.82) is 0 Å². The van der Waals surface area contributed by atoms with E-state index in [0.717, 1.165) is 61.4 Å². The summed E-state index contributed by atoms with van der Waals surface area (Å²) >= 11 is 0. The molecular weight excluding hydrogens is 484 g/mol. The molecule has 2 saturated carbocycles. The standard InChI is InChI=1S/C33H48N4O2/c38-33(39)15-17-35-16-5-7-24(22-35)19-32-34-29-11-1-2-12-31(29)37(32)28-20-26-9-4-10-27(21-28)36(26)30-14-13-23-6-3-8-25(30)18-23/h1-2,11-12,23-28,30H,3-10,13-22H2,(H,38,39)/t23?,24-,25+,26-,27+,28?,30?/m0/s1. The summed E-state index contributed by atoms with van der Waals surface area (Å²) in [5, 5.41) is 9.18. The number of imidazole rings is 1. The number of likely N-dealkylation sites (tertiary alicyclic amines) is 1. The minimum absolute atomic E-state index is 0.245. The monoisotopic (exact) mass is 532 g/mol. The number of piperidine rings is 3. The van der Waals surface area contributed by atoms with E-state index in [1.807, 2.05) is 0 Å². The molecule has 7 rings (SSSR count). The van der Waals surface area contributed by atoms with Crippen molar-refractivity contribution in [1.82, 2.24) is 19.4 Å². The number of hydrogen-bond acceptors (Lipinski definition) is 4. The van der Waals surface area contributed by atoms with E-state index < -0.39 is 5.97 Å². The summed E-state index contributed by atoms with van der Waals surface area (Å²) in [7, 11) is 0. The van der Waals surface area contributed by atoms with Crippen molar-refractivity contribution in [3.05, 3.63) is 30.1 Å². The molecule has 5 aliphatic rings. The first-order chi connectivity index (χ1) is 19.1. The molecule has 39 heavy (non-hydrogen) atoms. The number of aliphatic carboxylic acids is 1. The SMILES string of the molecule is O=C(O)CCN1CCC[C@@H](Cc2nc3ccccc3n2C2C[C@H]3CCC[C@@H](C2)N3C2CCC3CCC[C@@H]2C3)C1. The van der Waals surface area contributed by atoms with E-state index in [9.17, 15) is 9.90 Å². The molecule has 0 radical (unpaired) electrons. The molecule has 0 spiro atoms. The highest BCUT2D eigenvalue weighted by Gasteiger charge is 2.46. The number of carboxylic acid groups (broad SMARTS) is 1. The number of para-hydroxylation sites is 2. The van der Waals surface area contributed by atoms with Crippen LogP contribution >= 0.6 is 0 Å². The van der Waals surface area contributed by atoms with Gasteiger partial charge in [-0.1, -0.05) is 31.4 Å². The van der Waals surface area contributed by atoms with E-state index >= 15 is 0 Å². The minimum atomic E-state index is -0.688. The third-order valence-electron chi connectivity index (χ3n) is 11.4. The number of carbonyl (C=O) groups is 1. The summed E-state index contributed by atoms with van der Waals surface area (Å²) in [5.74, 6) is 3.14. The largest absolute Gasteiger partial charge is 0.481 e. The molecule has 1 N–H and O–H groups in total. The lowest BCUT2D eigenvalue weighted by molar-refractivity contribution is -0.137. The zero-order valence-electron chi connectivity index (χ0n) is 23.7. The molecular formula is C33H48N4O2. The van der Waals surface area contributed by atoms with E-state index in [2.05, 4.69) is 38.6 Å². The number of nitrogens with zero attached hydrogens (tertiary/aromatic N) is 4. The lowest BCUT2D eigenvalue weighted by Gasteiger charge is -2.56. The van der Waals surface area contributed by atoms with Crippen LogP contribution in [-0.4, -0.2) is 68.2 Å². The molecule has 1 aromatic heterocycles. The van der Waals surface area contributed by atoms with Gasteiger partial charge in [-0.2, -0.15) is 0 Å². The first kappa shape index (κ1) is 26.0. The number of rotatable bonds is 7.